The molecule has 0 spiro atoms. The van der Waals surface area contributed by atoms with Crippen LogP contribution >= 0.6 is 22.7 Å². The summed E-state index contributed by atoms with van der Waals surface area (Å²) in [6.07, 6.45) is 2.36. The summed E-state index contributed by atoms with van der Waals surface area (Å²) in [5.41, 5.74) is 3.59. The van der Waals surface area contributed by atoms with Crippen LogP contribution in [0.3, 0.4) is 0 Å². The van der Waals surface area contributed by atoms with E-state index >= 15 is 0 Å². The number of aromatic nitrogens is 1. The monoisotopic (exact) mass is 414 g/mol. The summed E-state index contributed by atoms with van der Waals surface area (Å²) in [5, 5.41) is 7.64. The third-order valence-corrected chi connectivity index (χ3v) is 7.75. The van der Waals surface area contributed by atoms with Crippen molar-refractivity contribution < 1.29 is 10.1 Å². The first-order valence-corrected chi connectivity index (χ1v) is 11.5. The summed E-state index contributed by atoms with van der Waals surface area (Å²) in [5.74, 6) is 0.0875. The molecule has 1 aromatic carbocycles. The van der Waals surface area contributed by atoms with Gasteiger partial charge in [0.25, 0.3) is 0 Å². The van der Waals surface area contributed by atoms with Crippen molar-refractivity contribution in [1.29, 1.82) is 0 Å². The number of thiophene rings is 1. The fourth-order valence-corrected chi connectivity index (χ4v) is 6.83. The maximum atomic E-state index is 12.4. The molecule has 3 N–H and O–H groups in total. The van der Waals surface area contributed by atoms with Crippen LogP contribution in [0.2, 0.25) is 0 Å². The number of para-hydroxylation sites is 1. The molecule has 28 heavy (non-hydrogen) atoms. The van der Waals surface area contributed by atoms with E-state index < -0.39 is 0 Å². The van der Waals surface area contributed by atoms with Crippen molar-refractivity contribution in [3.8, 4) is 10.6 Å². The van der Waals surface area contributed by atoms with Gasteiger partial charge in [0.15, 0.2) is 0 Å². The number of anilines is 1. The SMILES string of the molecule is CCCC(=O)Nc1sc2c(c1-c1nc3ccccc3s1)CC(C)(C)[NH2+]C2(C)C. The Kier molecular flexibility index (Phi) is 4.84. The van der Waals surface area contributed by atoms with Crippen molar-refractivity contribution in [1.82, 2.24) is 4.98 Å². The first-order chi connectivity index (χ1) is 13.2. The maximum absolute atomic E-state index is 12.4. The number of carbonyl (C=O) groups is 1. The van der Waals surface area contributed by atoms with Crippen LogP contribution in [0.4, 0.5) is 5.00 Å². The number of nitrogens with one attached hydrogen (secondary N) is 1. The van der Waals surface area contributed by atoms with Crippen molar-refractivity contribution in [2.24, 2.45) is 0 Å². The Labute approximate surface area is 174 Å². The molecule has 1 amide bonds. The highest BCUT2D eigenvalue weighted by Gasteiger charge is 2.44. The number of amides is 1. The van der Waals surface area contributed by atoms with E-state index in [2.05, 4.69) is 56.5 Å². The minimum absolute atomic E-state index is 0.0269. The Morgan fingerprint density at radius 3 is 2.68 bits per heavy atom. The molecule has 0 radical (unpaired) electrons. The predicted octanol–water partition coefficient (Wildman–Crippen LogP) is 4.90. The van der Waals surface area contributed by atoms with Gasteiger partial charge in [-0.1, -0.05) is 19.1 Å². The van der Waals surface area contributed by atoms with E-state index in [-0.39, 0.29) is 17.0 Å². The van der Waals surface area contributed by atoms with Gasteiger partial charge in [0.1, 0.15) is 15.5 Å². The number of nitrogens with zero attached hydrogens (tertiary/aromatic N) is 1. The van der Waals surface area contributed by atoms with Gasteiger partial charge in [-0.2, -0.15) is 0 Å². The molecular weight excluding hydrogens is 386 g/mol. The number of hydrogen-bond donors (Lipinski definition) is 2. The quantitative estimate of drug-likeness (QED) is 0.638. The van der Waals surface area contributed by atoms with E-state index in [1.807, 2.05) is 13.0 Å². The molecular formula is C22H28N3OS2+. The molecule has 1 aliphatic heterocycles. The van der Waals surface area contributed by atoms with Crippen molar-refractivity contribution in [2.75, 3.05) is 5.32 Å². The largest absolute Gasteiger partial charge is 0.333 e. The Hall–Kier alpha value is -1.76. The molecule has 3 aromatic rings. The standard InChI is InChI=1S/C22H27N3OS2/c1-6-9-16(26)24-20-17(19-23-14-10-7-8-11-15(14)27-19)13-12-21(2,3)25-22(4,5)18(13)28-20/h7-8,10-11,25H,6,9,12H2,1-5H3,(H,24,26)/p+1. The summed E-state index contributed by atoms with van der Waals surface area (Å²) in [7, 11) is 0. The van der Waals surface area contributed by atoms with Gasteiger partial charge in [0.05, 0.1) is 20.6 Å². The molecule has 0 saturated carbocycles. The Balaban J connectivity index is 1.91. The summed E-state index contributed by atoms with van der Waals surface area (Å²) in [6.45, 7) is 11.2. The van der Waals surface area contributed by atoms with Gasteiger partial charge >= 0.3 is 0 Å². The molecule has 0 saturated heterocycles. The van der Waals surface area contributed by atoms with Gasteiger partial charge in [-0.3, -0.25) is 4.79 Å². The van der Waals surface area contributed by atoms with Gasteiger partial charge in [0, 0.05) is 18.4 Å². The second kappa shape index (κ2) is 6.94. The molecule has 0 atom stereocenters. The predicted molar refractivity (Wildman–Crippen MR) is 119 cm³/mol. The van der Waals surface area contributed by atoms with E-state index in [0.717, 1.165) is 33.9 Å². The zero-order chi connectivity index (χ0) is 20.1. The molecule has 2 aromatic heterocycles. The average molecular weight is 415 g/mol. The molecule has 1 aliphatic rings. The lowest BCUT2D eigenvalue weighted by Crippen LogP contribution is -3.03. The highest BCUT2D eigenvalue weighted by molar-refractivity contribution is 7.23. The van der Waals surface area contributed by atoms with Crippen LogP contribution in [-0.2, 0) is 16.8 Å². The van der Waals surface area contributed by atoms with Gasteiger partial charge in [-0.25, -0.2) is 4.98 Å². The number of hydrogen-bond acceptors (Lipinski definition) is 4. The summed E-state index contributed by atoms with van der Waals surface area (Å²) in [4.78, 5) is 18.7. The van der Waals surface area contributed by atoms with Gasteiger partial charge in [-0.05, 0) is 51.8 Å². The fourth-order valence-electron chi connectivity index (χ4n) is 4.41. The molecule has 0 aliphatic carbocycles. The fraction of sp³-hybridized carbons (Fsp3) is 0.455. The second-order valence-corrected chi connectivity index (χ2v) is 11.0. The number of quaternary nitrogens is 1. The average Bonchev–Trinajstić information content (AvgIpc) is 3.14. The van der Waals surface area contributed by atoms with Crippen LogP contribution < -0.4 is 10.6 Å². The number of thiazole rings is 1. The smallest absolute Gasteiger partial charge is 0.224 e. The van der Waals surface area contributed by atoms with Crippen LogP contribution in [0.25, 0.3) is 20.8 Å². The Bertz CT molecular complexity index is 1010. The number of nitrogens with two attached hydrogens (primary N) is 1. The summed E-state index contributed by atoms with van der Waals surface area (Å²) in [6, 6.07) is 8.26. The first kappa shape index (κ1) is 19.6. The summed E-state index contributed by atoms with van der Waals surface area (Å²) >= 11 is 3.45. The Morgan fingerprint density at radius 2 is 1.96 bits per heavy atom. The van der Waals surface area contributed by atoms with Crippen LogP contribution in [0.15, 0.2) is 24.3 Å². The van der Waals surface area contributed by atoms with Gasteiger partial charge in [0.2, 0.25) is 5.91 Å². The molecule has 0 fully saturated rings. The zero-order valence-electron chi connectivity index (χ0n) is 17.2. The van der Waals surface area contributed by atoms with E-state index in [0.29, 0.717) is 6.42 Å². The Morgan fingerprint density at radius 1 is 1.21 bits per heavy atom. The number of rotatable bonds is 4. The lowest BCUT2D eigenvalue weighted by atomic mass is 9.81. The molecule has 148 valence electrons. The number of carbonyl (C=O) groups excluding carboxylic acids is 1. The van der Waals surface area contributed by atoms with E-state index in [4.69, 9.17) is 4.98 Å². The van der Waals surface area contributed by atoms with Crippen LogP contribution in [0.5, 0.6) is 0 Å². The molecule has 3 heterocycles. The molecule has 0 unspecified atom stereocenters. The molecule has 0 bridgehead atoms. The van der Waals surface area contributed by atoms with Crippen molar-refractivity contribution in [2.45, 2.75) is 65.0 Å². The maximum Gasteiger partial charge on any atom is 0.224 e. The first-order valence-electron chi connectivity index (χ1n) is 9.89. The van der Waals surface area contributed by atoms with E-state index in [1.165, 1.54) is 15.1 Å². The lowest BCUT2D eigenvalue weighted by Gasteiger charge is -2.38. The minimum atomic E-state index is -0.0269. The normalized spacial score (nSPS) is 17.5. The highest BCUT2D eigenvalue weighted by Crippen LogP contribution is 2.48. The van der Waals surface area contributed by atoms with Crippen LogP contribution in [0, 0.1) is 0 Å². The van der Waals surface area contributed by atoms with Crippen LogP contribution in [-0.4, -0.2) is 16.4 Å². The van der Waals surface area contributed by atoms with Crippen LogP contribution in [0.1, 0.15) is 57.9 Å². The minimum Gasteiger partial charge on any atom is -0.333 e. The topological polar surface area (TPSA) is 58.6 Å². The third kappa shape index (κ3) is 3.49. The molecule has 4 rings (SSSR count). The highest BCUT2D eigenvalue weighted by atomic mass is 32.1. The lowest BCUT2D eigenvalue weighted by molar-refractivity contribution is -0.789. The van der Waals surface area contributed by atoms with E-state index in [9.17, 15) is 4.79 Å². The van der Waals surface area contributed by atoms with Gasteiger partial charge < -0.3 is 10.6 Å². The number of benzene rings is 1. The molecule has 6 heteroatoms. The molecule has 4 nitrogen and oxygen atoms in total. The summed E-state index contributed by atoms with van der Waals surface area (Å²) < 4.78 is 1.18. The third-order valence-electron chi connectivity index (χ3n) is 5.21. The van der Waals surface area contributed by atoms with Crippen molar-refractivity contribution in [3.63, 3.8) is 0 Å². The van der Waals surface area contributed by atoms with E-state index in [1.54, 1.807) is 22.7 Å². The zero-order valence-corrected chi connectivity index (χ0v) is 18.8. The number of fused-ring (bicyclic) bond motifs is 2. The second-order valence-electron chi connectivity index (χ2n) is 8.93. The van der Waals surface area contributed by atoms with Crippen molar-refractivity contribution >= 4 is 43.8 Å². The van der Waals surface area contributed by atoms with Crippen molar-refractivity contribution in [3.05, 3.63) is 34.7 Å². The van der Waals surface area contributed by atoms with Gasteiger partial charge in [-0.15, -0.1) is 22.7 Å².